The Morgan fingerprint density at radius 3 is 2.61 bits per heavy atom. The second-order valence-electron chi connectivity index (χ2n) is 5.39. The smallest absolute Gasteiger partial charge is 0.361 e. The maximum Gasteiger partial charge on any atom is 0.416 e. The molecule has 1 N–H and O–H groups in total. The van der Waals surface area contributed by atoms with Crippen LogP contribution in [0.2, 0.25) is 0 Å². The van der Waals surface area contributed by atoms with Gasteiger partial charge in [0.25, 0.3) is 0 Å². The quantitative estimate of drug-likeness (QED) is 0.931. The summed E-state index contributed by atoms with van der Waals surface area (Å²) >= 11 is 0. The number of aryl methyl sites for hydroxylation is 2. The molecule has 23 heavy (non-hydrogen) atoms. The molecule has 1 aromatic heterocycles. The number of hydrogen-bond acceptors (Lipinski definition) is 3. The highest BCUT2D eigenvalue weighted by atomic mass is 19.4. The maximum absolute atomic E-state index is 12.7. The van der Waals surface area contributed by atoms with Gasteiger partial charge < -0.3 is 9.84 Å². The van der Waals surface area contributed by atoms with Crippen molar-refractivity contribution in [1.29, 1.82) is 0 Å². The van der Waals surface area contributed by atoms with Crippen LogP contribution in [-0.2, 0) is 17.4 Å². The minimum atomic E-state index is -4.41. The van der Waals surface area contributed by atoms with Crippen molar-refractivity contribution < 1.29 is 22.5 Å². The molecule has 1 amide bonds. The zero-order valence-electron chi connectivity index (χ0n) is 13.0. The van der Waals surface area contributed by atoms with Crippen molar-refractivity contribution in [2.45, 2.75) is 39.4 Å². The number of amides is 1. The Labute approximate surface area is 131 Å². The lowest BCUT2D eigenvalue weighted by atomic mass is 10.0. The number of alkyl halides is 3. The number of carbonyl (C=O) groups excluding carboxylic acids is 1. The molecule has 2 rings (SSSR count). The van der Waals surface area contributed by atoms with Crippen LogP contribution in [0.3, 0.4) is 0 Å². The number of rotatable bonds is 4. The van der Waals surface area contributed by atoms with Gasteiger partial charge >= 0.3 is 6.18 Å². The third-order valence-corrected chi connectivity index (χ3v) is 3.61. The van der Waals surface area contributed by atoms with Crippen molar-refractivity contribution in [2.24, 2.45) is 0 Å². The standard InChI is InChI=1S/C16H17F3N2O2/c1-9(12-5-4-6-13(7-12)16(17,18)19)20-15(22)8-14-10(2)21-23-11(14)3/h4-7,9H,8H2,1-3H3,(H,20,22). The minimum absolute atomic E-state index is 0.0739. The molecule has 0 aliphatic rings. The van der Waals surface area contributed by atoms with E-state index in [9.17, 15) is 18.0 Å². The molecule has 2 aromatic rings. The summed E-state index contributed by atoms with van der Waals surface area (Å²) in [6.45, 7) is 5.08. The van der Waals surface area contributed by atoms with Crippen molar-refractivity contribution >= 4 is 5.91 Å². The number of aromatic nitrogens is 1. The van der Waals surface area contributed by atoms with Gasteiger partial charge in [-0.05, 0) is 38.5 Å². The third-order valence-electron chi connectivity index (χ3n) is 3.61. The molecule has 0 fully saturated rings. The largest absolute Gasteiger partial charge is 0.416 e. The molecule has 1 heterocycles. The van der Waals surface area contributed by atoms with Crippen molar-refractivity contribution in [3.05, 3.63) is 52.4 Å². The average molecular weight is 326 g/mol. The van der Waals surface area contributed by atoms with Crippen molar-refractivity contribution in [1.82, 2.24) is 10.5 Å². The predicted octanol–water partition coefficient (Wildman–Crippen LogP) is 3.73. The molecule has 0 radical (unpaired) electrons. The highest BCUT2D eigenvalue weighted by Crippen LogP contribution is 2.30. The first-order valence-corrected chi connectivity index (χ1v) is 7.06. The molecule has 7 heteroatoms. The van der Waals surface area contributed by atoms with Crippen LogP contribution >= 0.6 is 0 Å². The van der Waals surface area contributed by atoms with Gasteiger partial charge in [-0.3, -0.25) is 4.79 Å². The van der Waals surface area contributed by atoms with Crippen LogP contribution < -0.4 is 5.32 Å². The maximum atomic E-state index is 12.7. The summed E-state index contributed by atoms with van der Waals surface area (Å²) in [4.78, 5) is 12.1. The van der Waals surface area contributed by atoms with Gasteiger partial charge in [-0.15, -0.1) is 0 Å². The summed E-state index contributed by atoms with van der Waals surface area (Å²) in [5.41, 5.74) is 0.983. The van der Waals surface area contributed by atoms with Crippen LogP contribution in [0.4, 0.5) is 13.2 Å². The van der Waals surface area contributed by atoms with Gasteiger partial charge in [-0.25, -0.2) is 0 Å². The van der Waals surface area contributed by atoms with Gasteiger partial charge in [-0.2, -0.15) is 13.2 Å². The van der Waals surface area contributed by atoms with Crippen LogP contribution in [0.25, 0.3) is 0 Å². The fourth-order valence-corrected chi connectivity index (χ4v) is 2.28. The Kier molecular flexibility index (Phi) is 4.77. The monoisotopic (exact) mass is 326 g/mol. The molecule has 0 aliphatic carbocycles. The Morgan fingerprint density at radius 1 is 1.35 bits per heavy atom. The molecule has 0 aliphatic heterocycles. The lowest BCUT2D eigenvalue weighted by molar-refractivity contribution is -0.137. The number of nitrogens with one attached hydrogen (secondary N) is 1. The fraction of sp³-hybridized carbons (Fsp3) is 0.375. The Hall–Kier alpha value is -2.31. The Bertz CT molecular complexity index is 688. The van der Waals surface area contributed by atoms with Crippen molar-refractivity contribution in [3.63, 3.8) is 0 Å². The summed E-state index contributed by atoms with van der Waals surface area (Å²) in [6.07, 6.45) is -4.33. The first kappa shape index (κ1) is 17.1. The van der Waals surface area contributed by atoms with E-state index in [1.54, 1.807) is 26.8 Å². The average Bonchev–Trinajstić information content (AvgIpc) is 2.78. The molecule has 1 aromatic carbocycles. The number of hydrogen-bond donors (Lipinski definition) is 1. The second kappa shape index (κ2) is 6.44. The lowest BCUT2D eigenvalue weighted by Crippen LogP contribution is -2.28. The number of halogens is 3. The van der Waals surface area contributed by atoms with Crippen molar-refractivity contribution in [2.75, 3.05) is 0 Å². The summed E-state index contributed by atoms with van der Waals surface area (Å²) in [5, 5.41) is 6.46. The van der Waals surface area contributed by atoms with E-state index in [2.05, 4.69) is 10.5 Å². The highest BCUT2D eigenvalue weighted by molar-refractivity contribution is 5.79. The Balaban J connectivity index is 2.07. The van der Waals surface area contributed by atoms with E-state index in [-0.39, 0.29) is 12.3 Å². The zero-order valence-corrected chi connectivity index (χ0v) is 13.0. The number of nitrogens with zero attached hydrogens (tertiary/aromatic N) is 1. The molecule has 0 saturated carbocycles. The summed E-state index contributed by atoms with van der Waals surface area (Å²) in [5.74, 6) is 0.258. The van der Waals surface area contributed by atoms with Gasteiger partial charge in [0.15, 0.2) is 0 Å². The van der Waals surface area contributed by atoms with Gasteiger partial charge in [-0.1, -0.05) is 17.3 Å². The SMILES string of the molecule is Cc1noc(C)c1CC(=O)NC(C)c1cccc(C(F)(F)F)c1. The number of benzene rings is 1. The normalized spacial score (nSPS) is 13.0. The molecule has 0 spiro atoms. The predicted molar refractivity (Wildman–Crippen MR) is 77.7 cm³/mol. The molecule has 1 atom stereocenters. The van der Waals surface area contributed by atoms with Gasteiger partial charge in [0.05, 0.1) is 23.7 Å². The van der Waals surface area contributed by atoms with E-state index < -0.39 is 17.8 Å². The van der Waals surface area contributed by atoms with Gasteiger partial charge in [0.2, 0.25) is 5.91 Å². The van der Waals surface area contributed by atoms with Gasteiger partial charge in [0.1, 0.15) is 5.76 Å². The van der Waals surface area contributed by atoms with Crippen LogP contribution in [0.1, 0.15) is 41.1 Å². The van der Waals surface area contributed by atoms with Crippen LogP contribution in [0.15, 0.2) is 28.8 Å². The lowest BCUT2D eigenvalue weighted by Gasteiger charge is -2.16. The molecule has 1 unspecified atom stereocenters. The first-order chi connectivity index (χ1) is 10.7. The zero-order chi connectivity index (χ0) is 17.2. The molecule has 0 saturated heterocycles. The van der Waals surface area contributed by atoms with E-state index in [0.717, 1.165) is 12.1 Å². The topological polar surface area (TPSA) is 55.1 Å². The molecular weight excluding hydrogens is 309 g/mol. The molecule has 124 valence electrons. The summed E-state index contributed by atoms with van der Waals surface area (Å²) < 4.78 is 43.2. The molecule has 0 bridgehead atoms. The van der Waals surface area contributed by atoms with Crippen LogP contribution in [0.5, 0.6) is 0 Å². The summed E-state index contributed by atoms with van der Waals surface area (Å²) in [6, 6.07) is 4.39. The van der Waals surface area contributed by atoms with Gasteiger partial charge in [0, 0.05) is 5.56 Å². The van der Waals surface area contributed by atoms with Crippen LogP contribution in [0, 0.1) is 13.8 Å². The second-order valence-corrected chi connectivity index (χ2v) is 5.39. The van der Waals surface area contributed by atoms with E-state index >= 15 is 0 Å². The first-order valence-electron chi connectivity index (χ1n) is 7.06. The van der Waals surface area contributed by atoms with Crippen LogP contribution in [-0.4, -0.2) is 11.1 Å². The van der Waals surface area contributed by atoms with E-state index in [4.69, 9.17) is 4.52 Å². The van der Waals surface area contributed by atoms with E-state index in [1.807, 2.05) is 0 Å². The molecular formula is C16H17F3N2O2. The fourth-order valence-electron chi connectivity index (χ4n) is 2.28. The third kappa shape index (κ3) is 4.12. The minimum Gasteiger partial charge on any atom is -0.361 e. The molecule has 4 nitrogen and oxygen atoms in total. The highest BCUT2D eigenvalue weighted by Gasteiger charge is 2.30. The van der Waals surface area contributed by atoms with E-state index in [1.165, 1.54) is 6.07 Å². The summed E-state index contributed by atoms with van der Waals surface area (Å²) in [7, 11) is 0. The van der Waals surface area contributed by atoms with Crippen molar-refractivity contribution in [3.8, 4) is 0 Å². The van der Waals surface area contributed by atoms with E-state index in [0.29, 0.717) is 22.6 Å². The number of carbonyl (C=O) groups is 1. The Morgan fingerprint density at radius 2 is 2.04 bits per heavy atom.